The molecule has 0 radical (unpaired) electrons. The SMILES string of the molecule is COC(=O)Nc1cnc(-c2ccccc2)n(CC(=O)N[C@@H](C(=O)c2nnc(C(C)(C)c3ccc(OC)c(OC)c3)o2)C(C)C)c1=O. The van der Waals surface area contributed by atoms with Crippen LogP contribution < -0.4 is 25.7 Å². The predicted molar refractivity (Wildman–Crippen MR) is 167 cm³/mol. The largest absolute Gasteiger partial charge is 0.493 e. The van der Waals surface area contributed by atoms with E-state index in [1.54, 1.807) is 63.4 Å². The number of aromatic nitrogens is 4. The van der Waals surface area contributed by atoms with Crippen LogP contribution in [0.5, 0.6) is 11.5 Å². The van der Waals surface area contributed by atoms with E-state index in [-0.39, 0.29) is 29.2 Å². The topological polar surface area (TPSA) is 177 Å². The Kier molecular flexibility index (Phi) is 10.2. The van der Waals surface area contributed by atoms with Gasteiger partial charge < -0.3 is 23.9 Å². The van der Waals surface area contributed by atoms with Gasteiger partial charge in [-0.1, -0.05) is 50.2 Å². The Morgan fingerprint density at radius 3 is 2.30 bits per heavy atom. The van der Waals surface area contributed by atoms with Gasteiger partial charge >= 0.3 is 6.09 Å². The van der Waals surface area contributed by atoms with Crippen LogP contribution in [0.2, 0.25) is 0 Å². The highest BCUT2D eigenvalue weighted by molar-refractivity contribution is 5.98. The highest BCUT2D eigenvalue weighted by Crippen LogP contribution is 2.36. The molecule has 242 valence electrons. The average Bonchev–Trinajstić information content (AvgIpc) is 3.56. The van der Waals surface area contributed by atoms with E-state index in [4.69, 9.17) is 13.9 Å². The Hall–Kier alpha value is -5.53. The van der Waals surface area contributed by atoms with Crippen molar-refractivity contribution in [3.63, 3.8) is 0 Å². The standard InChI is InChI=1S/C32H36N6O8/c1-18(2)25(26(40)28-36-37-30(46-28)32(3,4)20-13-14-22(43-5)23(15-20)44-6)35-24(39)17-38-27(19-11-9-8-10-12-19)33-16-21(29(38)41)34-31(42)45-7/h8-16,18,25H,17H2,1-7H3,(H,34,42)(H,35,39)/t25-/m1/s1. The first kappa shape index (κ1) is 33.4. The summed E-state index contributed by atoms with van der Waals surface area (Å²) in [5.41, 5.74) is -0.359. The fraction of sp³-hybridized carbons (Fsp3) is 0.344. The molecule has 46 heavy (non-hydrogen) atoms. The van der Waals surface area contributed by atoms with E-state index in [0.717, 1.165) is 17.2 Å². The van der Waals surface area contributed by atoms with Crippen LogP contribution in [0.1, 0.15) is 49.8 Å². The van der Waals surface area contributed by atoms with E-state index < -0.39 is 41.3 Å². The van der Waals surface area contributed by atoms with Gasteiger partial charge in [0.1, 0.15) is 18.1 Å². The normalized spacial score (nSPS) is 11.9. The van der Waals surface area contributed by atoms with Gasteiger partial charge in [0, 0.05) is 5.56 Å². The van der Waals surface area contributed by atoms with Crippen LogP contribution in [0.15, 0.2) is 63.9 Å². The van der Waals surface area contributed by atoms with Gasteiger partial charge in [0.2, 0.25) is 17.6 Å². The smallest absolute Gasteiger partial charge is 0.411 e. The highest BCUT2D eigenvalue weighted by Gasteiger charge is 2.35. The summed E-state index contributed by atoms with van der Waals surface area (Å²) in [5.74, 6) is -0.493. The van der Waals surface area contributed by atoms with E-state index >= 15 is 0 Å². The van der Waals surface area contributed by atoms with Gasteiger partial charge in [-0.15, -0.1) is 10.2 Å². The number of benzene rings is 2. The minimum Gasteiger partial charge on any atom is -0.493 e. The zero-order valence-electron chi connectivity index (χ0n) is 26.6. The Morgan fingerprint density at radius 1 is 0.978 bits per heavy atom. The number of anilines is 1. The lowest BCUT2D eigenvalue weighted by atomic mass is 9.84. The maximum Gasteiger partial charge on any atom is 0.411 e. The van der Waals surface area contributed by atoms with Crippen molar-refractivity contribution in [1.82, 2.24) is 25.1 Å². The number of ketones is 1. The molecule has 2 heterocycles. The Labute approximate surface area is 265 Å². The molecular weight excluding hydrogens is 596 g/mol. The highest BCUT2D eigenvalue weighted by atomic mass is 16.5. The molecule has 14 heteroatoms. The summed E-state index contributed by atoms with van der Waals surface area (Å²) in [6.07, 6.45) is 0.314. The van der Waals surface area contributed by atoms with Crippen molar-refractivity contribution < 1.29 is 33.0 Å². The molecule has 0 saturated heterocycles. The van der Waals surface area contributed by atoms with Gasteiger partial charge in [-0.05, 0) is 37.5 Å². The number of hydrogen-bond acceptors (Lipinski definition) is 11. The molecule has 0 aliphatic rings. The van der Waals surface area contributed by atoms with Gasteiger partial charge in [-0.3, -0.25) is 24.3 Å². The molecule has 0 unspecified atom stereocenters. The molecule has 4 aromatic rings. The number of hydrogen-bond donors (Lipinski definition) is 2. The summed E-state index contributed by atoms with van der Waals surface area (Å²) in [6.45, 7) is 6.70. The first-order chi connectivity index (χ1) is 21.9. The number of Topliss-reactive ketones (excluding diaryl/α,β-unsaturated/α-hetero) is 1. The van der Waals surface area contributed by atoms with Crippen molar-refractivity contribution in [2.75, 3.05) is 26.6 Å². The van der Waals surface area contributed by atoms with Crippen LogP contribution >= 0.6 is 0 Å². The molecule has 2 amide bonds. The van der Waals surface area contributed by atoms with Crippen LogP contribution in [0, 0.1) is 5.92 Å². The number of amides is 2. The molecule has 2 aromatic heterocycles. The minimum absolute atomic E-state index is 0.178. The fourth-order valence-corrected chi connectivity index (χ4v) is 4.66. The molecule has 0 spiro atoms. The second-order valence-corrected chi connectivity index (χ2v) is 11.1. The number of methoxy groups -OCH3 is 3. The number of rotatable bonds is 12. The minimum atomic E-state index is -1.06. The second-order valence-electron chi connectivity index (χ2n) is 11.1. The van der Waals surface area contributed by atoms with E-state index in [0.29, 0.717) is 17.1 Å². The first-order valence-corrected chi connectivity index (χ1v) is 14.3. The summed E-state index contributed by atoms with van der Waals surface area (Å²) >= 11 is 0. The molecule has 0 bridgehead atoms. The second kappa shape index (κ2) is 14.1. The molecule has 1 atom stereocenters. The third-order valence-electron chi connectivity index (χ3n) is 7.34. The van der Waals surface area contributed by atoms with Crippen LogP contribution in [-0.4, -0.2) is 64.9 Å². The van der Waals surface area contributed by atoms with E-state index in [1.165, 1.54) is 13.3 Å². The lowest BCUT2D eigenvalue weighted by molar-refractivity contribution is -0.122. The van der Waals surface area contributed by atoms with Gasteiger partial charge in [0.25, 0.3) is 11.4 Å². The molecule has 0 aliphatic carbocycles. The van der Waals surface area contributed by atoms with E-state index in [1.807, 2.05) is 19.9 Å². The third-order valence-corrected chi connectivity index (χ3v) is 7.34. The lowest BCUT2D eigenvalue weighted by Gasteiger charge is -2.22. The monoisotopic (exact) mass is 632 g/mol. The number of nitrogens with zero attached hydrogens (tertiary/aromatic N) is 4. The first-order valence-electron chi connectivity index (χ1n) is 14.3. The summed E-state index contributed by atoms with van der Waals surface area (Å²) in [5, 5.41) is 13.2. The Bertz CT molecular complexity index is 1780. The Balaban J connectivity index is 1.59. The van der Waals surface area contributed by atoms with Crippen LogP contribution in [-0.2, 0) is 21.5 Å². The van der Waals surface area contributed by atoms with Crippen LogP contribution in [0.4, 0.5) is 10.5 Å². The number of ether oxygens (including phenoxy) is 3. The van der Waals surface area contributed by atoms with Crippen molar-refractivity contribution in [1.29, 1.82) is 0 Å². The summed E-state index contributed by atoms with van der Waals surface area (Å²) in [4.78, 5) is 56.5. The molecule has 2 aromatic carbocycles. The molecule has 0 saturated carbocycles. The number of nitrogens with one attached hydrogen (secondary N) is 2. The molecule has 4 rings (SSSR count). The molecule has 0 aliphatic heterocycles. The van der Waals surface area contributed by atoms with E-state index in [9.17, 15) is 19.2 Å². The lowest BCUT2D eigenvalue weighted by Crippen LogP contribution is -2.46. The zero-order chi connectivity index (χ0) is 33.6. The zero-order valence-corrected chi connectivity index (χ0v) is 26.6. The summed E-state index contributed by atoms with van der Waals surface area (Å²) in [7, 11) is 4.23. The van der Waals surface area contributed by atoms with Crippen molar-refractivity contribution >= 4 is 23.5 Å². The molecule has 2 N–H and O–H groups in total. The van der Waals surface area contributed by atoms with Crippen LogP contribution in [0.25, 0.3) is 11.4 Å². The van der Waals surface area contributed by atoms with Gasteiger partial charge in [0.15, 0.2) is 11.5 Å². The average molecular weight is 633 g/mol. The fourth-order valence-electron chi connectivity index (χ4n) is 4.66. The predicted octanol–water partition coefficient (Wildman–Crippen LogP) is 3.84. The van der Waals surface area contributed by atoms with Crippen molar-refractivity contribution in [2.45, 2.75) is 45.7 Å². The van der Waals surface area contributed by atoms with Crippen LogP contribution in [0.3, 0.4) is 0 Å². The summed E-state index contributed by atoms with van der Waals surface area (Å²) in [6, 6.07) is 13.1. The van der Waals surface area contributed by atoms with Gasteiger partial charge in [0.05, 0.1) is 39.0 Å². The number of carbonyl (C=O) groups is 3. The molecular formula is C32H36N6O8. The van der Waals surface area contributed by atoms with Crippen molar-refractivity contribution in [3.05, 3.63) is 82.4 Å². The maximum atomic E-state index is 13.6. The van der Waals surface area contributed by atoms with E-state index in [2.05, 4.69) is 30.6 Å². The van der Waals surface area contributed by atoms with Crippen molar-refractivity contribution in [2.24, 2.45) is 5.92 Å². The maximum absolute atomic E-state index is 13.6. The van der Waals surface area contributed by atoms with Gasteiger partial charge in [-0.2, -0.15) is 0 Å². The molecule has 14 nitrogen and oxygen atoms in total. The Morgan fingerprint density at radius 2 is 1.67 bits per heavy atom. The summed E-state index contributed by atoms with van der Waals surface area (Å²) < 4.78 is 22.3. The number of carbonyl (C=O) groups excluding carboxylic acids is 3. The van der Waals surface area contributed by atoms with Crippen molar-refractivity contribution in [3.8, 4) is 22.9 Å². The quantitative estimate of drug-likeness (QED) is 0.217. The molecule has 0 fully saturated rings. The third kappa shape index (κ3) is 7.06. The van der Waals surface area contributed by atoms with Gasteiger partial charge in [-0.25, -0.2) is 9.78 Å².